The number of urea groups is 1. The van der Waals surface area contributed by atoms with Gasteiger partial charge in [-0.2, -0.15) is 0 Å². The summed E-state index contributed by atoms with van der Waals surface area (Å²) in [6.07, 6.45) is -0.480. The van der Waals surface area contributed by atoms with Crippen molar-refractivity contribution in [2.45, 2.75) is 33.0 Å². The standard InChI is InChI=1S/C20H27N5O3/c1-5-28-9-8-25-18(26)16-17(22(4)20(25)27)21-19-23(6-7-24(16)19)15-11-13(2)10-14(3)12-15/h10-12,16-17H,5-9H2,1-4H3. The largest absolute Gasteiger partial charge is 0.380 e. The fourth-order valence-corrected chi connectivity index (χ4v) is 4.29. The Morgan fingerprint density at radius 1 is 1.14 bits per heavy atom. The van der Waals surface area contributed by atoms with Crippen LogP contribution in [0.3, 0.4) is 0 Å². The maximum absolute atomic E-state index is 13.1. The summed E-state index contributed by atoms with van der Waals surface area (Å²) in [5.41, 5.74) is 3.46. The maximum atomic E-state index is 13.1. The number of rotatable bonds is 5. The molecule has 0 bridgehead atoms. The highest BCUT2D eigenvalue weighted by molar-refractivity contribution is 6.08. The van der Waals surface area contributed by atoms with Gasteiger partial charge >= 0.3 is 6.03 Å². The molecule has 150 valence electrons. The molecule has 4 rings (SSSR count). The van der Waals surface area contributed by atoms with Gasteiger partial charge in [0, 0.05) is 32.4 Å². The number of carbonyl (C=O) groups excluding carboxylic acids is 2. The van der Waals surface area contributed by atoms with Gasteiger partial charge in [-0.1, -0.05) is 6.07 Å². The van der Waals surface area contributed by atoms with E-state index in [0.717, 1.165) is 18.2 Å². The number of ether oxygens (including phenoxy) is 1. The monoisotopic (exact) mass is 385 g/mol. The number of fused-ring (bicyclic) bond motifs is 3. The summed E-state index contributed by atoms with van der Waals surface area (Å²) < 4.78 is 5.35. The molecular formula is C20H27N5O3. The molecule has 28 heavy (non-hydrogen) atoms. The minimum Gasteiger partial charge on any atom is -0.380 e. The number of benzene rings is 1. The molecule has 2 unspecified atom stereocenters. The molecule has 1 aromatic carbocycles. The van der Waals surface area contributed by atoms with Crippen molar-refractivity contribution in [1.29, 1.82) is 0 Å². The predicted molar refractivity (Wildman–Crippen MR) is 106 cm³/mol. The fraction of sp³-hybridized carbons (Fsp3) is 0.550. The van der Waals surface area contributed by atoms with Crippen molar-refractivity contribution in [2.24, 2.45) is 4.99 Å². The predicted octanol–water partition coefficient (Wildman–Crippen LogP) is 1.42. The van der Waals surface area contributed by atoms with Gasteiger partial charge in [-0.3, -0.25) is 9.69 Å². The number of amides is 3. The number of imide groups is 1. The summed E-state index contributed by atoms with van der Waals surface area (Å²) in [6, 6.07) is 5.63. The first-order valence-corrected chi connectivity index (χ1v) is 9.78. The smallest absolute Gasteiger partial charge is 0.328 e. The van der Waals surface area contributed by atoms with Gasteiger partial charge in [0.2, 0.25) is 5.96 Å². The Morgan fingerprint density at radius 2 is 1.86 bits per heavy atom. The number of carbonyl (C=O) groups is 2. The molecule has 2 saturated heterocycles. The van der Waals surface area contributed by atoms with E-state index in [1.54, 1.807) is 11.9 Å². The average molecular weight is 385 g/mol. The van der Waals surface area contributed by atoms with Gasteiger partial charge in [-0.05, 0) is 44.0 Å². The average Bonchev–Trinajstić information content (AvgIpc) is 3.21. The highest BCUT2D eigenvalue weighted by Crippen LogP contribution is 2.33. The lowest BCUT2D eigenvalue weighted by molar-refractivity contribution is -0.138. The Kier molecular flexibility index (Phi) is 4.74. The van der Waals surface area contributed by atoms with E-state index in [9.17, 15) is 9.59 Å². The van der Waals surface area contributed by atoms with Gasteiger partial charge in [0.15, 0.2) is 12.2 Å². The van der Waals surface area contributed by atoms with Crippen molar-refractivity contribution in [2.75, 3.05) is 44.8 Å². The molecule has 2 atom stereocenters. The van der Waals surface area contributed by atoms with Crippen LogP contribution in [0.4, 0.5) is 10.5 Å². The fourth-order valence-electron chi connectivity index (χ4n) is 4.29. The van der Waals surface area contributed by atoms with Crippen molar-refractivity contribution in [3.63, 3.8) is 0 Å². The van der Waals surface area contributed by atoms with Crippen molar-refractivity contribution < 1.29 is 14.3 Å². The van der Waals surface area contributed by atoms with Crippen LogP contribution in [0.15, 0.2) is 23.2 Å². The molecule has 3 aliphatic rings. The number of anilines is 1. The van der Waals surface area contributed by atoms with Crippen LogP contribution in [-0.4, -0.2) is 84.7 Å². The highest BCUT2D eigenvalue weighted by atomic mass is 16.5. The summed E-state index contributed by atoms with van der Waals surface area (Å²) in [4.78, 5) is 37.7. The number of aliphatic imine (C=N–C) groups is 1. The lowest BCUT2D eigenvalue weighted by Gasteiger charge is -2.40. The number of hydrogen-bond acceptors (Lipinski definition) is 6. The number of guanidine groups is 1. The topological polar surface area (TPSA) is 68.7 Å². The van der Waals surface area contributed by atoms with Gasteiger partial charge in [0.25, 0.3) is 5.91 Å². The molecule has 3 amide bonds. The summed E-state index contributed by atoms with van der Waals surface area (Å²) in [6.45, 7) is 8.70. The Balaban J connectivity index is 1.61. The van der Waals surface area contributed by atoms with E-state index in [0.29, 0.717) is 19.8 Å². The van der Waals surface area contributed by atoms with Crippen molar-refractivity contribution in [3.05, 3.63) is 29.3 Å². The quantitative estimate of drug-likeness (QED) is 0.717. The molecule has 3 aliphatic heterocycles. The molecule has 8 heteroatoms. The van der Waals surface area contributed by atoms with Crippen molar-refractivity contribution in [3.8, 4) is 0 Å². The first kappa shape index (κ1) is 18.7. The number of likely N-dealkylation sites (N-methyl/N-ethyl adjacent to an activating group) is 1. The minimum atomic E-state index is -0.480. The lowest BCUT2D eigenvalue weighted by atomic mass is 10.1. The molecule has 0 spiro atoms. The third-order valence-corrected chi connectivity index (χ3v) is 5.56. The van der Waals surface area contributed by atoms with Crippen LogP contribution in [0.5, 0.6) is 0 Å². The summed E-state index contributed by atoms with van der Waals surface area (Å²) in [7, 11) is 1.72. The Hall–Kier alpha value is -2.61. The van der Waals surface area contributed by atoms with E-state index in [2.05, 4.69) is 36.9 Å². The highest BCUT2D eigenvalue weighted by Gasteiger charge is 2.54. The van der Waals surface area contributed by atoms with Crippen molar-refractivity contribution in [1.82, 2.24) is 14.7 Å². The summed E-state index contributed by atoms with van der Waals surface area (Å²) in [5, 5.41) is 0. The zero-order valence-corrected chi connectivity index (χ0v) is 16.9. The third kappa shape index (κ3) is 2.92. The van der Waals surface area contributed by atoms with Gasteiger partial charge < -0.3 is 19.4 Å². The van der Waals surface area contributed by atoms with Gasteiger partial charge in [0.05, 0.1) is 13.2 Å². The Labute approximate surface area is 165 Å². The maximum Gasteiger partial charge on any atom is 0.328 e. The zero-order chi connectivity index (χ0) is 20.0. The molecule has 0 saturated carbocycles. The number of nitrogens with zero attached hydrogens (tertiary/aromatic N) is 5. The van der Waals surface area contributed by atoms with Crippen LogP contribution in [0, 0.1) is 13.8 Å². The van der Waals surface area contributed by atoms with Gasteiger partial charge in [0.1, 0.15) is 0 Å². The van der Waals surface area contributed by atoms with Gasteiger partial charge in [-0.25, -0.2) is 9.79 Å². The van der Waals surface area contributed by atoms with Crippen LogP contribution in [-0.2, 0) is 9.53 Å². The Morgan fingerprint density at radius 3 is 2.54 bits per heavy atom. The molecule has 2 fully saturated rings. The molecule has 0 radical (unpaired) electrons. The minimum absolute atomic E-state index is 0.186. The SMILES string of the molecule is CCOCCN1C(=O)C2C(N=C3N(c4cc(C)cc(C)c4)CCN32)N(C)C1=O. The first-order valence-electron chi connectivity index (χ1n) is 9.78. The first-order chi connectivity index (χ1) is 13.4. The van der Waals surface area contributed by atoms with Crippen LogP contribution in [0.1, 0.15) is 18.1 Å². The number of hydrogen-bond donors (Lipinski definition) is 0. The molecule has 0 N–H and O–H groups in total. The second-order valence-electron chi connectivity index (χ2n) is 7.56. The van der Waals surface area contributed by atoms with E-state index in [1.807, 2.05) is 11.8 Å². The molecular weight excluding hydrogens is 358 g/mol. The van der Waals surface area contributed by atoms with E-state index < -0.39 is 12.2 Å². The zero-order valence-electron chi connectivity index (χ0n) is 16.9. The van der Waals surface area contributed by atoms with Crippen LogP contribution in [0.2, 0.25) is 0 Å². The van der Waals surface area contributed by atoms with E-state index in [1.165, 1.54) is 16.0 Å². The lowest BCUT2D eigenvalue weighted by Crippen LogP contribution is -2.65. The van der Waals surface area contributed by atoms with Crippen molar-refractivity contribution >= 4 is 23.6 Å². The molecule has 0 aromatic heterocycles. The summed E-state index contributed by atoms with van der Waals surface area (Å²) in [5.74, 6) is 0.591. The van der Waals surface area contributed by atoms with E-state index in [-0.39, 0.29) is 18.5 Å². The van der Waals surface area contributed by atoms with E-state index >= 15 is 0 Å². The van der Waals surface area contributed by atoms with Crippen LogP contribution >= 0.6 is 0 Å². The van der Waals surface area contributed by atoms with Crippen LogP contribution < -0.4 is 4.90 Å². The Bertz CT molecular complexity index is 819. The van der Waals surface area contributed by atoms with Gasteiger partial charge in [-0.15, -0.1) is 0 Å². The molecule has 0 aliphatic carbocycles. The van der Waals surface area contributed by atoms with E-state index in [4.69, 9.17) is 9.73 Å². The number of aryl methyl sites for hydroxylation is 2. The molecule has 1 aromatic rings. The third-order valence-electron chi connectivity index (χ3n) is 5.56. The second kappa shape index (κ2) is 7.09. The second-order valence-corrected chi connectivity index (χ2v) is 7.56. The van der Waals surface area contributed by atoms with Crippen LogP contribution in [0.25, 0.3) is 0 Å². The normalized spacial score (nSPS) is 24.1. The molecule has 3 heterocycles. The molecule has 8 nitrogen and oxygen atoms in total. The summed E-state index contributed by atoms with van der Waals surface area (Å²) >= 11 is 0.